The average molecular weight is 354 g/mol. The van der Waals surface area contributed by atoms with Crippen LogP contribution < -0.4 is 0 Å². The fourth-order valence-corrected chi connectivity index (χ4v) is 3.16. The zero-order valence-corrected chi connectivity index (χ0v) is 14.4. The molecule has 1 aromatic carbocycles. The minimum absolute atomic E-state index is 0.00914. The third-order valence-electron chi connectivity index (χ3n) is 4.42. The predicted molar refractivity (Wildman–Crippen MR) is 94.2 cm³/mol. The SMILES string of the molecule is CC1CN(C(=O)c2cnn(-c3ccc(F)cc3)c2-n2cccc2)CCO1. The quantitative estimate of drug-likeness (QED) is 0.727. The van der Waals surface area contributed by atoms with Crippen LogP contribution in [0.1, 0.15) is 17.3 Å². The van der Waals surface area contributed by atoms with Gasteiger partial charge in [0.05, 0.1) is 24.6 Å². The van der Waals surface area contributed by atoms with Crippen molar-refractivity contribution >= 4 is 5.91 Å². The molecule has 4 rings (SSSR count). The molecule has 1 atom stereocenters. The summed E-state index contributed by atoms with van der Waals surface area (Å²) in [4.78, 5) is 14.9. The van der Waals surface area contributed by atoms with Gasteiger partial charge in [0.2, 0.25) is 0 Å². The first-order valence-corrected chi connectivity index (χ1v) is 8.51. The molecule has 134 valence electrons. The lowest BCUT2D eigenvalue weighted by Crippen LogP contribution is -2.44. The minimum Gasteiger partial charge on any atom is -0.375 e. The molecular weight excluding hydrogens is 335 g/mol. The summed E-state index contributed by atoms with van der Waals surface area (Å²) in [7, 11) is 0. The Hall–Kier alpha value is -2.93. The zero-order chi connectivity index (χ0) is 18.1. The van der Waals surface area contributed by atoms with E-state index in [1.165, 1.54) is 12.1 Å². The van der Waals surface area contributed by atoms with Crippen molar-refractivity contribution in [2.24, 2.45) is 0 Å². The van der Waals surface area contributed by atoms with Crippen LogP contribution in [0.15, 0.2) is 55.0 Å². The molecule has 3 heterocycles. The summed E-state index contributed by atoms with van der Waals surface area (Å²) < 4.78 is 22.3. The molecule has 1 aliphatic rings. The van der Waals surface area contributed by atoms with Crippen molar-refractivity contribution in [3.8, 4) is 11.5 Å². The highest BCUT2D eigenvalue weighted by atomic mass is 19.1. The van der Waals surface area contributed by atoms with Gasteiger partial charge in [-0.15, -0.1) is 0 Å². The van der Waals surface area contributed by atoms with Gasteiger partial charge in [0.15, 0.2) is 5.82 Å². The summed E-state index contributed by atoms with van der Waals surface area (Å²) >= 11 is 0. The Labute approximate surface area is 150 Å². The number of benzene rings is 1. The van der Waals surface area contributed by atoms with E-state index < -0.39 is 0 Å². The number of hydrogen-bond acceptors (Lipinski definition) is 3. The normalized spacial score (nSPS) is 17.5. The second-order valence-corrected chi connectivity index (χ2v) is 6.29. The van der Waals surface area contributed by atoms with Gasteiger partial charge in [-0.1, -0.05) is 0 Å². The van der Waals surface area contributed by atoms with Crippen LogP contribution in [-0.2, 0) is 4.74 Å². The molecule has 2 aromatic heterocycles. The number of amides is 1. The summed E-state index contributed by atoms with van der Waals surface area (Å²) in [5.74, 6) is 0.227. The first kappa shape index (κ1) is 16.5. The van der Waals surface area contributed by atoms with Crippen molar-refractivity contribution < 1.29 is 13.9 Å². The van der Waals surface area contributed by atoms with Crippen LogP contribution in [-0.4, -0.2) is 51.0 Å². The van der Waals surface area contributed by atoms with E-state index in [0.29, 0.717) is 36.8 Å². The van der Waals surface area contributed by atoms with Gasteiger partial charge < -0.3 is 14.2 Å². The molecule has 0 N–H and O–H groups in total. The molecule has 1 unspecified atom stereocenters. The van der Waals surface area contributed by atoms with E-state index in [0.717, 1.165) is 0 Å². The lowest BCUT2D eigenvalue weighted by molar-refractivity contribution is -0.0124. The molecule has 26 heavy (non-hydrogen) atoms. The van der Waals surface area contributed by atoms with Crippen LogP contribution in [0.4, 0.5) is 4.39 Å². The molecular formula is C19H19FN4O2. The monoisotopic (exact) mass is 354 g/mol. The van der Waals surface area contributed by atoms with Crippen LogP contribution in [0.25, 0.3) is 11.5 Å². The summed E-state index contributed by atoms with van der Waals surface area (Å²) in [5, 5.41) is 4.40. The fourth-order valence-electron chi connectivity index (χ4n) is 3.16. The number of halogens is 1. The van der Waals surface area contributed by atoms with Crippen molar-refractivity contribution in [3.05, 3.63) is 66.4 Å². The van der Waals surface area contributed by atoms with Crippen LogP contribution in [0.5, 0.6) is 0 Å². The molecule has 6 nitrogen and oxygen atoms in total. The Kier molecular flexibility index (Phi) is 4.30. The second-order valence-electron chi connectivity index (χ2n) is 6.29. The lowest BCUT2D eigenvalue weighted by atomic mass is 10.2. The van der Waals surface area contributed by atoms with E-state index in [1.807, 2.05) is 36.0 Å². The Morgan fingerprint density at radius 2 is 1.96 bits per heavy atom. The van der Waals surface area contributed by atoms with Crippen molar-refractivity contribution in [2.45, 2.75) is 13.0 Å². The predicted octanol–water partition coefficient (Wildman–Crippen LogP) is 2.66. The lowest BCUT2D eigenvalue weighted by Gasteiger charge is -2.31. The molecule has 0 aliphatic carbocycles. The molecule has 1 aliphatic heterocycles. The Balaban J connectivity index is 1.78. The average Bonchev–Trinajstić information content (AvgIpc) is 3.31. The third-order valence-corrected chi connectivity index (χ3v) is 4.42. The number of rotatable bonds is 3. The number of carbonyl (C=O) groups excluding carboxylic acids is 1. The second kappa shape index (κ2) is 6.76. The molecule has 7 heteroatoms. The number of aromatic nitrogens is 3. The maximum absolute atomic E-state index is 13.3. The standard InChI is InChI=1S/C19H19FN4O2/c1-14-13-23(10-11-26-14)19(25)17-12-21-24(16-6-4-15(20)5-7-16)18(17)22-8-2-3-9-22/h2-9,12,14H,10-11,13H2,1H3. The van der Waals surface area contributed by atoms with E-state index in [9.17, 15) is 9.18 Å². The Morgan fingerprint density at radius 1 is 1.23 bits per heavy atom. The van der Waals surface area contributed by atoms with Crippen molar-refractivity contribution in [3.63, 3.8) is 0 Å². The van der Waals surface area contributed by atoms with Crippen LogP contribution in [0.2, 0.25) is 0 Å². The molecule has 1 saturated heterocycles. The molecule has 1 fully saturated rings. The van der Waals surface area contributed by atoms with E-state index in [1.54, 1.807) is 27.9 Å². The van der Waals surface area contributed by atoms with Gasteiger partial charge in [-0.05, 0) is 43.3 Å². The molecule has 0 bridgehead atoms. The summed E-state index contributed by atoms with van der Waals surface area (Å²) in [6.07, 6.45) is 5.29. The molecule has 0 spiro atoms. The Bertz CT molecular complexity index is 902. The summed E-state index contributed by atoms with van der Waals surface area (Å²) in [6.45, 7) is 3.58. The number of ether oxygens (including phenoxy) is 1. The maximum Gasteiger partial charge on any atom is 0.259 e. The van der Waals surface area contributed by atoms with Crippen molar-refractivity contribution in [2.75, 3.05) is 19.7 Å². The Morgan fingerprint density at radius 3 is 2.65 bits per heavy atom. The summed E-state index contributed by atoms with van der Waals surface area (Å²) in [6, 6.07) is 9.80. The first-order chi connectivity index (χ1) is 12.6. The van der Waals surface area contributed by atoms with Crippen LogP contribution in [0.3, 0.4) is 0 Å². The highest BCUT2D eigenvalue weighted by Crippen LogP contribution is 2.22. The van der Waals surface area contributed by atoms with Gasteiger partial charge in [-0.3, -0.25) is 4.79 Å². The van der Waals surface area contributed by atoms with Gasteiger partial charge in [0.25, 0.3) is 5.91 Å². The molecule has 0 saturated carbocycles. The number of nitrogens with zero attached hydrogens (tertiary/aromatic N) is 4. The van der Waals surface area contributed by atoms with Crippen LogP contribution >= 0.6 is 0 Å². The maximum atomic E-state index is 13.3. The van der Waals surface area contributed by atoms with E-state index in [-0.39, 0.29) is 17.8 Å². The fraction of sp³-hybridized carbons (Fsp3) is 0.263. The van der Waals surface area contributed by atoms with Gasteiger partial charge in [0.1, 0.15) is 11.4 Å². The molecule has 3 aromatic rings. The van der Waals surface area contributed by atoms with Gasteiger partial charge >= 0.3 is 0 Å². The number of carbonyl (C=O) groups is 1. The van der Waals surface area contributed by atoms with E-state index in [4.69, 9.17) is 4.74 Å². The first-order valence-electron chi connectivity index (χ1n) is 8.51. The highest BCUT2D eigenvalue weighted by Gasteiger charge is 2.27. The smallest absolute Gasteiger partial charge is 0.259 e. The highest BCUT2D eigenvalue weighted by molar-refractivity contribution is 5.97. The van der Waals surface area contributed by atoms with E-state index in [2.05, 4.69) is 5.10 Å². The molecule has 0 radical (unpaired) electrons. The number of morpholine rings is 1. The van der Waals surface area contributed by atoms with Gasteiger partial charge in [0, 0.05) is 25.5 Å². The minimum atomic E-state index is -0.318. The zero-order valence-electron chi connectivity index (χ0n) is 14.4. The third kappa shape index (κ3) is 3.01. The van der Waals surface area contributed by atoms with Crippen molar-refractivity contribution in [1.82, 2.24) is 19.2 Å². The van der Waals surface area contributed by atoms with E-state index >= 15 is 0 Å². The van der Waals surface area contributed by atoms with Crippen molar-refractivity contribution in [1.29, 1.82) is 0 Å². The number of hydrogen-bond donors (Lipinski definition) is 0. The van der Waals surface area contributed by atoms with Gasteiger partial charge in [-0.25, -0.2) is 9.07 Å². The largest absolute Gasteiger partial charge is 0.375 e. The van der Waals surface area contributed by atoms with Gasteiger partial charge in [-0.2, -0.15) is 5.10 Å². The van der Waals surface area contributed by atoms with Crippen LogP contribution in [0, 0.1) is 5.82 Å². The summed E-state index contributed by atoms with van der Waals surface area (Å²) in [5.41, 5.74) is 1.18. The molecule has 1 amide bonds. The topological polar surface area (TPSA) is 52.3 Å².